The van der Waals surface area contributed by atoms with Crippen LogP contribution in [0, 0.1) is 0 Å². The Labute approximate surface area is 97.8 Å². The Bertz CT molecular complexity index is 503. The molecule has 3 heterocycles. The standard InChI is InChI=1S/C10H12ClN5/c11-8-6-16-9(5-13-8)14-15-10(16)7-2-1-3-12-4-7/h5-7,12H,1-4H2. The van der Waals surface area contributed by atoms with Crippen LogP contribution in [-0.2, 0) is 0 Å². The van der Waals surface area contributed by atoms with Gasteiger partial charge in [-0.25, -0.2) is 4.98 Å². The van der Waals surface area contributed by atoms with E-state index in [4.69, 9.17) is 11.6 Å². The maximum atomic E-state index is 5.88. The van der Waals surface area contributed by atoms with E-state index >= 15 is 0 Å². The van der Waals surface area contributed by atoms with Crippen LogP contribution < -0.4 is 5.32 Å². The van der Waals surface area contributed by atoms with Crippen LogP contribution in [0.4, 0.5) is 0 Å². The Balaban J connectivity index is 2.05. The van der Waals surface area contributed by atoms with Crippen LogP contribution in [0.1, 0.15) is 24.6 Å². The van der Waals surface area contributed by atoms with Crippen molar-refractivity contribution in [1.29, 1.82) is 0 Å². The van der Waals surface area contributed by atoms with Gasteiger partial charge in [0.1, 0.15) is 11.0 Å². The van der Waals surface area contributed by atoms with E-state index in [0.29, 0.717) is 11.1 Å². The van der Waals surface area contributed by atoms with E-state index in [1.54, 1.807) is 12.4 Å². The summed E-state index contributed by atoms with van der Waals surface area (Å²) in [4.78, 5) is 3.99. The molecular weight excluding hydrogens is 226 g/mol. The Kier molecular flexibility index (Phi) is 2.49. The average Bonchev–Trinajstić information content (AvgIpc) is 2.73. The summed E-state index contributed by atoms with van der Waals surface area (Å²) in [5.74, 6) is 1.40. The molecule has 84 valence electrons. The Morgan fingerprint density at radius 3 is 3.19 bits per heavy atom. The number of hydrogen-bond acceptors (Lipinski definition) is 4. The van der Waals surface area contributed by atoms with Gasteiger partial charge in [0.15, 0.2) is 5.65 Å². The fourth-order valence-corrected chi connectivity index (χ4v) is 2.29. The fraction of sp³-hybridized carbons (Fsp3) is 0.500. The molecule has 1 atom stereocenters. The second-order valence-electron chi connectivity index (χ2n) is 4.04. The highest BCUT2D eigenvalue weighted by Crippen LogP contribution is 2.22. The lowest BCUT2D eigenvalue weighted by Gasteiger charge is -2.20. The molecule has 0 radical (unpaired) electrons. The van der Waals surface area contributed by atoms with Crippen molar-refractivity contribution in [3.63, 3.8) is 0 Å². The van der Waals surface area contributed by atoms with Gasteiger partial charge in [-0.1, -0.05) is 11.6 Å². The smallest absolute Gasteiger partial charge is 0.179 e. The first kappa shape index (κ1) is 9.99. The molecule has 1 fully saturated rings. The average molecular weight is 238 g/mol. The van der Waals surface area contributed by atoms with E-state index in [2.05, 4.69) is 20.5 Å². The van der Waals surface area contributed by atoms with E-state index < -0.39 is 0 Å². The number of piperidine rings is 1. The molecule has 0 spiro atoms. The Morgan fingerprint density at radius 2 is 2.38 bits per heavy atom. The second-order valence-corrected chi connectivity index (χ2v) is 4.43. The molecule has 1 aliphatic rings. The number of nitrogens with zero attached hydrogens (tertiary/aromatic N) is 4. The zero-order chi connectivity index (χ0) is 11.0. The zero-order valence-electron chi connectivity index (χ0n) is 8.73. The van der Waals surface area contributed by atoms with E-state index in [1.807, 2.05) is 4.40 Å². The first-order valence-corrected chi connectivity index (χ1v) is 5.79. The lowest BCUT2D eigenvalue weighted by Crippen LogP contribution is -2.29. The van der Waals surface area contributed by atoms with Crippen LogP contribution >= 0.6 is 11.6 Å². The van der Waals surface area contributed by atoms with Crippen molar-refractivity contribution in [2.24, 2.45) is 0 Å². The van der Waals surface area contributed by atoms with Crippen LogP contribution in [0.15, 0.2) is 12.4 Å². The molecule has 0 bridgehead atoms. The number of rotatable bonds is 1. The molecule has 5 nitrogen and oxygen atoms in total. The van der Waals surface area contributed by atoms with Crippen molar-refractivity contribution in [1.82, 2.24) is 24.9 Å². The topological polar surface area (TPSA) is 55.1 Å². The van der Waals surface area contributed by atoms with Crippen molar-refractivity contribution in [2.75, 3.05) is 13.1 Å². The highest BCUT2D eigenvalue weighted by molar-refractivity contribution is 6.29. The minimum atomic E-state index is 0.419. The lowest BCUT2D eigenvalue weighted by molar-refractivity contribution is 0.444. The molecule has 2 aromatic rings. The van der Waals surface area contributed by atoms with Crippen molar-refractivity contribution >= 4 is 17.2 Å². The third-order valence-corrected chi connectivity index (χ3v) is 3.14. The maximum absolute atomic E-state index is 5.88. The van der Waals surface area contributed by atoms with Crippen LogP contribution in [-0.4, -0.2) is 32.7 Å². The normalized spacial score (nSPS) is 21.4. The molecule has 2 aromatic heterocycles. The van der Waals surface area contributed by atoms with E-state index in [0.717, 1.165) is 31.0 Å². The van der Waals surface area contributed by atoms with Gasteiger partial charge in [-0.15, -0.1) is 10.2 Å². The molecule has 1 aliphatic heterocycles. The molecule has 0 amide bonds. The molecule has 0 saturated carbocycles. The zero-order valence-corrected chi connectivity index (χ0v) is 9.48. The van der Waals surface area contributed by atoms with Gasteiger partial charge < -0.3 is 5.32 Å². The van der Waals surface area contributed by atoms with Gasteiger partial charge in [0.25, 0.3) is 0 Å². The molecule has 6 heteroatoms. The van der Waals surface area contributed by atoms with Crippen LogP contribution in [0.25, 0.3) is 5.65 Å². The van der Waals surface area contributed by atoms with Crippen molar-refractivity contribution in [3.05, 3.63) is 23.4 Å². The first-order chi connectivity index (χ1) is 7.84. The van der Waals surface area contributed by atoms with Gasteiger partial charge in [0, 0.05) is 18.7 Å². The number of halogens is 1. The van der Waals surface area contributed by atoms with Gasteiger partial charge >= 0.3 is 0 Å². The molecule has 1 N–H and O–H groups in total. The summed E-state index contributed by atoms with van der Waals surface area (Å²) in [7, 11) is 0. The predicted molar refractivity (Wildman–Crippen MR) is 60.6 cm³/mol. The van der Waals surface area contributed by atoms with Crippen molar-refractivity contribution < 1.29 is 0 Å². The van der Waals surface area contributed by atoms with E-state index in [1.165, 1.54) is 6.42 Å². The summed E-state index contributed by atoms with van der Waals surface area (Å²) >= 11 is 5.88. The highest BCUT2D eigenvalue weighted by atomic mass is 35.5. The van der Waals surface area contributed by atoms with E-state index in [9.17, 15) is 0 Å². The van der Waals surface area contributed by atoms with Crippen LogP contribution in [0.3, 0.4) is 0 Å². The van der Waals surface area contributed by atoms with Gasteiger partial charge in [0.2, 0.25) is 0 Å². The van der Waals surface area contributed by atoms with Crippen LogP contribution in [0.5, 0.6) is 0 Å². The quantitative estimate of drug-likeness (QED) is 0.811. The SMILES string of the molecule is Clc1cn2c(C3CCCNC3)nnc2cn1. The van der Waals surface area contributed by atoms with Gasteiger partial charge in [-0.05, 0) is 19.4 Å². The number of aromatic nitrogens is 4. The van der Waals surface area contributed by atoms with Gasteiger partial charge in [0.05, 0.1) is 6.20 Å². The number of fused-ring (bicyclic) bond motifs is 1. The third-order valence-electron chi connectivity index (χ3n) is 2.95. The van der Waals surface area contributed by atoms with Gasteiger partial charge in [-0.2, -0.15) is 0 Å². The fourth-order valence-electron chi connectivity index (χ4n) is 2.15. The molecule has 1 saturated heterocycles. The summed E-state index contributed by atoms with van der Waals surface area (Å²) in [5, 5.41) is 12.2. The summed E-state index contributed by atoms with van der Waals surface area (Å²) in [6, 6.07) is 0. The summed E-state index contributed by atoms with van der Waals surface area (Å²) in [5.41, 5.74) is 0.755. The summed E-state index contributed by atoms with van der Waals surface area (Å²) in [6.07, 6.45) is 5.75. The third kappa shape index (κ3) is 1.66. The first-order valence-electron chi connectivity index (χ1n) is 5.41. The summed E-state index contributed by atoms with van der Waals surface area (Å²) < 4.78 is 1.94. The lowest BCUT2D eigenvalue weighted by atomic mass is 9.99. The maximum Gasteiger partial charge on any atom is 0.179 e. The minimum Gasteiger partial charge on any atom is -0.316 e. The monoisotopic (exact) mass is 237 g/mol. The molecule has 0 aliphatic carbocycles. The van der Waals surface area contributed by atoms with Crippen molar-refractivity contribution in [3.8, 4) is 0 Å². The molecular formula is C10H12ClN5. The largest absolute Gasteiger partial charge is 0.316 e. The van der Waals surface area contributed by atoms with Gasteiger partial charge in [-0.3, -0.25) is 4.40 Å². The molecule has 16 heavy (non-hydrogen) atoms. The molecule has 0 aromatic carbocycles. The second kappa shape index (κ2) is 3.99. The van der Waals surface area contributed by atoms with Crippen LogP contribution in [0.2, 0.25) is 5.15 Å². The number of hydrogen-bond donors (Lipinski definition) is 1. The van der Waals surface area contributed by atoms with E-state index in [-0.39, 0.29) is 0 Å². The molecule has 3 rings (SSSR count). The van der Waals surface area contributed by atoms with Crippen molar-refractivity contribution in [2.45, 2.75) is 18.8 Å². The Hall–Kier alpha value is -1.20. The minimum absolute atomic E-state index is 0.419. The predicted octanol–water partition coefficient (Wildman–Crippen LogP) is 1.24. The number of nitrogens with one attached hydrogen (secondary N) is 1. The summed E-state index contributed by atoms with van der Waals surface area (Å²) in [6.45, 7) is 2.05. The molecule has 1 unspecified atom stereocenters. The Morgan fingerprint density at radius 1 is 1.44 bits per heavy atom. The highest BCUT2D eigenvalue weighted by Gasteiger charge is 2.20.